The first-order valence-corrected chi connectivity index (χ1v) is 6.89. The number of nitrogens with zero attached hydrogens (tertiary/aromatic N) is 4. The van der Waals surface area contributed by atoms with Crippen LogP contribution in [0.25, 0.3) is 11.2 Å². The highest BCUT2D eigenvalue weighted by Gasteiger charge is 2.28. The highest BCUT2D eigenvalue weighted by molar-refractivity contribution is 5.68. The molecule has 4 rings (SSSR count). The first kappa shape index (κ1) is 11.1. The lowest BCUT2D eigenvalue weighted by Crippen LogP contribution is -2.30. The van der Waals surface area contributed by atoms with Gasteiger partial charge in [-0.1, -0.05) is 5.21 Å². The van der Waals surface area contributed by atoms with Crippen LogP contribution >= 0.6 is 0 Å². The Labute approximate surface area is 109 Å². The summed E-state index contributed by atoms with van der Waals surface area (Å²) in [4.78, 5) is 19.4. The van der Waals surface area contributed by atoms with E-state index < -0.39 is 0 Å². The van der Waals surface area contributed by atoms with E-state index in [1.165, 1.54) is 0 Å². The van der Waals surface area contributed by atoms with Gasteiger partial charge in [-0.3, -0.25) is 4.79 Å². The Morgan fingerprint density at radius 3 is 2.68 bits per heavy atom. The van der Waals surface area contributed by atoms with Crippen molar-refractivity contribution < 1.29 is 0 Å². The number of aromatic amines is 1. The van der Waals surface area contributed by atoms with Crippen molar-refractivity contribution in [3.63, 3.8) is 0 Å². The van der Waals surface area contributed by atoms with Crippen LogP contribution in [0.4, 0.5) is 0 Å². The average molecular weight is 260 g/mol. The maximum Gasteiger partial charge on any atom is 0.281 e. The second-order valence-corrected chi connectivity index (χ2v) is 5.41. The molecule has 0 aromatic carbocycles. The number of hydrogen-bond donors (Lipinski definition) is 2. The van der Waals surface area contributed by atoms with Gasteiger partial charge in [0.2, 0.25) is 0 Å². The largest absolute Gasteiger partial charge is 0.317 e. The molecule has 1 saturated heterocycles. The van der Waals surface area contributed by atoms with Crippen LogP contribution in [0, 0.1) is 0 Å². The van der Waals surface area contributed by atoms with E-state index in [2.05, 4.69) is 25.6 Å². The minimum atomic E-state index is -0.160. The fourth-order valence-corrected chi connectivity index (χ4v) is 2.70. The Morgan fingerprint density at radius 1 is 1.16 bits per heavy atom. The Morgan fingerprint density at radius 2 is 1.95 bits per heavy atom. The summed E-state index contributed by atoms with van der Waals surface area (Å²) in [5.74, 6) is 1.23. The van der Waals surface area contributed by atoms with Crippen LogP contribution in [0.1, 0.15) is 43.5 Å². The highest BCUT2D eigenvalue weighted by atomic mass is 16.1. The number of nitrogens with one attached hydrogen (secondary N) is 2. The summed E-state index contributed by atoms with van der Waals surface area (Å²) in [7, 11) is 0. The standard InChI is InChI=1S/C12H16N6O/c19-12-9-11(14-10(15-12)7-1-2-7)18(17-16-9)8-3-5-13-6-4-8/h7-8,13H,1-6H2,(H,14,15,19). The molecule has 0 atom stereocenters. The molecule has 3 heterocycles. The van der Waals surface area contributed by atoms with Gasteiger partial charge < -0.3 is 10.3 Å². The summed E-state index contributed by atoms with van der Waals surface area (Å²) in [6, 6.07) is 0.299. The molecule has 0 spiro atoms. The molecule has 0 unspecified atom stereocenters. The predicted molar refractivity (Wildman–Crippen MR) is 69.1 cm³/mol. The molecule has 1 saturated carbocycles. The summed E-state index contributed by atoms with van der Waals surface area (Å²) >= 11 is 0. The topological polar surface area (TPSA) is 88.5 Å². The van der Waals surface area contributed by atoms with Crippen molar-refractivity contribution in [3.8, 4) is 0 Å². The molecule has 0 bridgehead atoms. The van der Waals surface area contributed by atoms with E-state index in [1.807, 2.05) is 4.68 Å². The number of rotatable bonds is 2. The van der Waals surface area contributed by atoms with Crippen molar-refractivity contribution in [2.45, 2.75) is 37.6 Å². The number of piperidine rings is 1. The van der Waals surface area contributed by atoms with Crippen molar-refractivity contribution in [2.24, 2.45) is 0 Å². The van der Waals surface area contributed by atoms with E-state index in [-0.39, 0.29) is 5.56 Å². The van der Waals surface area contributed by atoms with E-state index in [0.29, 0.717) is 23.1 Å². The molecule has 7 heteroatoms. The minimum absolute atomic E-state index is 0.160. The van der Waals surface area contributed by atoms with Crippen molar-refractivity contribution in [3.05, 3.63) is 16.2 Å². The summed E-state index contributed by atoms with van der Waals surface area (Å²) in [6.45, 7) is 1.95. The zero-order valence-corrected chi connectivity index (χ0v) is 10.6. The van der Waals surface area contributed by atoms with Crippen LogP contribution in [0.15, 0.2) is 4.79 Å². The van der Waals surface area contributed by atoms with E-state index in [0.717, 1.165) is 44.6 Å². The van der Waals surface area contributed by atoms with Crippen LogP contribution in [0.3, 0.4) is 0 Å². The van der Waals surface area contributed by atoms with Gasteiger partial charge in [-0.2, -0.15) is 0 Å². The zero-order valence-electron chi connectivity index (χ0n) is 10.6. The lowest BCUT2D eigenvalue weighted by Gasteiger charge is -2.22. The number of hydrogen-bond acceptors (Lipinski definition) is 5. The van der Waals surface area contributed by atoms with Gasteiger partial charge in [0.05, 0.1) is 6.04 Å². The van der Waals surface area contributed by atoms with Gasteiger partial charge in [0, 0.05) is 5.92 Å². The molecule has 1 aliphatic heterocycles. The third-order valence-corrected chi connectivity index (χ3v) is 3.97. The summed E-state index contributed by atoms with van der Waals surface area (Å²) in [5, 5.41) is 11.5. The molecule has 100 valence electrons. The van der Waals surface area contributed by atoms with Crippen molar-refractivity contribution >= 4 is 11.2 Å². The van der Waals surface area contributed by atoms with Crippen LogP contribution in [-0.2, 0) is 0 Å². The van der Waals surface area contributed by atoms with Crippen molar-refractivity contribution in [2.75, 3.05) is 13.1 Å². The van der Waals surface area contributed by atoms with Crippen molar-refractivity contribution in [1.29, 1.82) is 0 Å². The smallest absolute Gasteiger partial charge is 0.281 e. The van der Waals surface area contributed by atoms with Crippen LogP contribution in [-0.4, -0.2) is 38.1 Å². The van der Waals surface area contributed by atoms with Crippen LogP contribution in [0.5, 0.6) is 0 Å². The highest BCUT2D eigenvalue weighted by Crippen LogP contribution is 2.37. The lowest BCUT2D eigenvalue weighted by atomic mass is 10.1. The predicted octanol–water partition coefficient (Wildman–Crippen LogP) is 0.317. The van der Waals surface area contributed by atoms with E-state index in [4.69, 9.17) is 0 Å². The van der Waals surface area contributed by atoms with Gasteiger partial charge in [0.1, 0.15) is 5.82 Å². The fourth-order valence-electron chi connectivity index (χ4n) is 2.70. The summed E-state index contributed by atoms with van der Waals surface area (Å²) in [5.41, 5.74) is 0.854. The zero-order chi connectivity index (χ0) is 12.8. The normalized spacial score (nSPS) is 21.1. The fraction of sp³-hybridized carbons (Fsp3) is 0.667. The molecule has 7 nitrogen and oxygen atoms in total. The molecule has 2 aliphatic rings. The van der Waals surface area contributed by atoms with E-state index in [9.17, 15) is 4.79 Å². The van der Waals surface area contributed by atoms with Crippen LogP contribution in [0.2, 0.25) is 0 Å². The quantitative estimate of drug-likeness (QED) is 0.811. The summed E-state index contributed by atoms with van der Waals surface area (Å²) in [6.07, 6.45) is 4.24. The Balaban J connectivity index is 1.84. The maximum absolute atomic E-state index is 12.0. The van der Waals surface area contributed by atoms with Gasteiger partial charge in [0.15, 0.2) is 11.2 Å². The number of H-pyrrole nitrogens is 1. The Hall–Kier alpha value is -1.76. The second kappa shape index (κ2) is 4.12. The lowest BCUT2D eigenvalue weighted by molar-refractivity contribution is 0.343. The first-order chi connectivity index (χ1) is 9.33. The SMILES string of the molecule is O=c1[nH]c(C2CC2)nc2c1nnn2C1CCNCC1. The van der Waals surface area contributed by atoms with Gasteiger partial charge in [-0.15, -0.1) is 5.10 Å². The van der Waals surface area contributed by atoms with Gasteiger partial charge in [-0.05, 0) is 38.8 Å². The number of fused-ring (bicyclic) bond motifs is 1. The molecule has 2 aromatic heterocycles. The van der Waals surface area contributed by atoms with Gasteiger partial charge >= 0.3 is 0 Å². The van der Waals surface area contributed by atoms with Crippen LogP contribution < -0.4 is 10.9 Å². The van der Waals surface area contributed by atoms with E-state index >= 15 is 0 Å². The Kier molecular flexibility index (Phi) is 2.41. The van der Waals surface area contributed by atoms with Gasteiger partial charge in [-0.25, -0.2) is 9.67 Å². The summed E-state index contributed by atoms with van der Waals surface area (Å²) < 4.78 is 1.84. The first-order valence-electron chi connectivity index (χ1n) is 6.89. The molecular weight excluding hydrogens is 244 g/mol. The Bertz CT molecular complexity index is 664. The molecule has 0 amide bonds. The number of aromatic nitrogens is 5. The average Bonchev–Trinajstić information content (AvgIpc) is 3.20. The maximum atomic E-state index is 12.0. The molecule has 1 aliphatic carbocycles. The third-order valence-electron chi connectivity index (χ3n) is 3.97. The molecule has 19 heavy (non-hydrogen) atoms. The second-order valence-electron chi connectivity index (χ2n) is 5.41. The molecule has 2 fully saturated rings. The minimum Gasteiger partial charge on any atom is -0.317 e. The molecular formula is C12H16N6O. The van der Waals surface area contributed by atoms with Gasteiger partial charge in [0.25, 0.3) is 5.56 Å². The molecule has 0 radical (unpaired) electrons. The monoisotopic (exact) mass is 260 g/mol. The molecule has 2 N–H and O–H groups in total. The third kappa shape index (κ3) is 1.85. The van der Waals surface area contributed by atoms with E-state index in [1.54, 1.807) is 0 Å². The van der Waals surface area contributed by atoms with Crippen molar-refractivity contribution in [1.82, 2.24) is 30.3 Å². The molecule has 2 aromatic rings.